The summed E-state index contributed by atoms with van der Waals surface area (Å²) >= 11 is 0. The van der Waals surface area contributed by atoms with E-state index >= 15 is 0 Å². The second-order valence-electron chi connectivity index (χ2n) is 36.1. The lowest BCUT2D eigenvalue weighted by Gasteiger charge is -2.26. The Labute approximate surface area is 801 Å². The molecule has 7 heteroatoms. The van der Waals surface area contributed by atoms with Gasteiger partial charge in [0, 0.05) is 116 Å². The Morgan fingerprint density at radius 1 is 0.137 bits per heavy atom. The molecule has 0 bridgehead atoms. The van der Waals surface area contributed by atoms with Gasteiger partial charge in [-0.1, -0.05) is 334 Å². The van der Waals surface area contributed by atoms with Gasteiger partial charge in [0.05, 0.1) is 11.0 Å². The molecule has 0 saturated heterocycles. The maximum absolute atomic E-state index is 7.04. The van der Waals surface area contributed by atoms with Crippen molar-refractivity contribution in [2.75, 3.05) is 9.80 Å². The lowest BCUT2D eigenvalue weighted by Crippen LogP contribution is -2.09. The Morgan fingerprint density at radius 2 is 0.381 bits per heavy atom. The molecule has 0 aliphatic rings. The first kappa shape index (κ1) is 80.1. The van der Waals surface area contributed by atoms with Crippen LogP contribution >= 0.6 is 0 Å². The maximum Gasteiger partial charge on any atom is 0.143 e. The van der Waals surface area contributed by atoms with Crippen LogP contribution < -0.4 is 9.80 Å². The van der Waals surface area contributed by atoms with E-state index in [1.807, 2.05) is 24.3 Å². The third kappa shape index (κ3) is 14.1. The second kappa shape index (κ2) is 33.3. The second-order valence-corrected chi connectivity index (χ2v) is 36.1. The molecule has 7 nitrogen and oxygen atoms in total. The molecule has 0 atom stereocenters. The van der Waals surface area contributed by atoms with Crippen molar-refractivity contribution in [3.63, 3.8) is 0 Å². The SMILES string of the molecule is c1ccc(-c2cccc(-c3ccc(N(c4ccc(-c5cccc(-c6cccc7c6oc6ccccc67)c5)cc4)c4ccc(-c5cc(-c6cc(-c7cccc(-c8ccc(N(c9ccc(-c%10cccc(-c%11cccc%12c%11oc%11ccccc%11%12)c%10)cc9)c9ccc(-c%10cccc(-n%11c%12ccccc%12c%12ccccc%12%11)c%10)cc9)cc8)c7)c7oc8ccccc8c7c6)cc6c5oc5ccccc56)cc4)cc3)c2)cc1. The lowest BCUT2D eigenvalue weighted by molar-refractivity contribution is 0.669. The average Bonchev–Trinajstić information content (AvgIpc) is 1.59. The van der Waals surface area contributed by atoms with Gasteiger partial charge in [0.1, 0.15) is 44.7 Å². The highest BCUT2D eigenvalue weighted by molar-refractivity contribution is 6.16. The first-order chi connectivity index (χ1) is 68.8. The van der Waals surface area contributed by atoms with Crippen LogP contribution in [0, 0.1) is 0 Å². The molecule has 0 aliphatic carbocycles. The number of hydrogen-bond donors (Lipinski definition) is 0. The maximum atomic E-state index is 7.04. The summed E-state index contributed by atoms with van der Waals surface area (Å²) in [6.07, 6.45) is 0. The van der Waals surface area contributed by atoms with E-state index in [1.54, 1.807) is 0 Å². The Morgan fingerprint density at radius 3 is 0.748 bits per heavy atom. The van der Waals surface area contributed by atoms with Crippen LogP contribution in [0.3, 0.4) is 0 Å². The number of nitrogens with zero attached hydrogens (tertiary/aromatic N) is 3. The van der Waals surface area contributed by atoms with Crippen molar-refractivity contribution in [3.8, 4) is 128 Å². The highest BCUT2D eigenvalue weighted by Crippen LogP contribution is 2.50. The van der Waals surface area contributed by atoms with Crippen LogP contribution in [0.5, 0.6) is 0 Å². The van der Waals surface area contributed by atoms with Gasteiger partial charge in [-0.25, -0.2) is 0 Å². The number of anilines is 6. The minimum absolute atomic E-state index is 0.823. The number of hydrogen-bond acceptors (Lipinski definition) is 6. The first-order valence-electron chi connectivity index (χ1n) is 47.4. The predicted molar refractivity (Wildman–Crippen MR) is 579 cm³/mol. The van der Waals surface area contributed by atoms with E-state index in [0.29, 0.717) is 0 Å². The van der Waals surface area contributed by atoms with Gasteiger partial charge >= 0.3 is 0 Å². The Hall–Kier alpha value is -18.6. The molecule has 0 saturated carbocycles. The molecule has 650 valence electrons. The highest BCUT2D eigenvalue weighted by Gasteiger charge is 2.25. The fraction of sp³-hybridized carbons (Fsp3) is 0. The summed E-state index contributed by atoms with van der Waals surface area (Å²) in [6, 6.07) is 182. The molecule has 0 radical (unpaired) electrons. The smallest absolute Gasteiger partial charge is 0.143 e. The average molecular weight is 1780 g/mol. The van der Waals surface area contributed by atoms with Gasteiger partial charge < -0.3 is 32.0 Å². The molecule has 27 rings (SSSR count). The van der Waals surface area contributed by atoms with Crippen molar-refractivity contribution in [2.45, 2.75) is 0 Å². The molecule has 22 aromatic carbocycles. The van der Waals surface area contributed by atoms with Gasteiger partial charge in [0.15, 0.2) is 0 Å². The Bertz CT molecular complexity index is 9440. The minimum atomic E-state index is 0.823. The van der Waals surface area contributed by atoms with Gasteiger partial charge in [-0.05, 0) is 270 Å². The van der Waals surface area contributed by atoms with Crippen molar-refractivity contribution in [2.24, 2.45) is 0 Å². The molecule has 0 N–H and O–H groups in total. The van der Waals surface area contributed by atoms with E-state index in [9.17, 15) is 0 Å². The van der Waals surface area contributed by atoms with Crippen LogP contribution in [0.15, 0.2) is 521 Å². The van der Waals surface area contributed by atoms with E-state index in [2.05, 4.69) is 494 Å². The van der Waals surface area contributed by atoms with Gasteiger partial charge in [-0.3, -0.25) is 0 Å². The number of rotatable bonds is 18. The quantitative estimate of drug-likeness (QED) is 0.0853. The zero-order valence-corrected chi connectivity index (χ0v) is 75.4. The fourth-order valence-corrected chi connectivity index (χ4v) is 21.2. The van der Waals surface area contributed by atoms with Crippen LogP contribution in [0.25, 0.3) is 238 Å². The van der Waals surface area contributed by atoms with Crippen LogP contribution in [0.4, 0.5) is 34.1 Å². The highest BCUT2D eigenvalue weighted by atomic mass is 16.3. The van der Waals surface area contributed by atoms with Crippen molar-refractivity contribution in [1.29, 1.82) is 0 Å². The monoisotopic (exact) mass is 1770 g/mol. The molecule has 0 fully saturated rings. The lowest BCUT2D eigenvalue weighted by atomic mass is 9.91. The van der Waals surface area contributed by atoms with Crippen LogP contribution in [0.2, 0.25) is 0 Å². The Balaban J connectivity index is 0.534. The van der Waals surface area contributed by atoms with E-state index in [1.165, 1.54) is 32.9 Å². The molecule has 0 spiro atoms. The van der Waals surface area contributed by atoms with Crippen molar-refractivity contribution < 1.29 is 17.7 Å². The molecule has 0 unspecified atom stereocenters. The minimum Gasteiger partial charge on any atom is -0.455 e. The van der Waals surface area contributed by atoms with Crippen molar-refractivity contribution in [3.05, 3.63) is 504 Å². The topological polar surface area (TPSA) is 64.0 Å². The molecule has 5 aromatic heterocycles. The van der Waals surface area contributed by atoms with Gasteiger partial charge in [-0.2, -0.15) is 0 Å². The number of fused-ring (bicyclic) bond motifs is 15. The van der Waals surface area contributed by atoms with Gasteiger partial charge in [0.25, 0.3) is 0 Å². The summed E-state index contributed by atoms with van der Waals surface area (Å²) in [5.41, 5.74) is 40.4. The summed E-state index contributed by atoms with van der Waals surface area (Å²) in [5.74, 6) is 0. The molecule has 5 heterocycles. The summed E-state index contributed by atoms with van der Waals surface area (Å²) in [5, 5.41) is 11.1. The van der Waals surface area contributed by atoms with Gasteiger partial charge in [-0.15, -0.1) is 0 Å². The fourth-order valence-electron chi connectivity index (χ4n) is 21.2. The summed E-state index contributed by atoms with van der Waals surface area (Å²) in [6.45, 7) is 0. The third-order valence-electron chi connectivity index (χ3n) is 28.0. The van der Waals surface area contributed by atoms with E-state index < -0.39 is 0 Å². The molecule has 0 aliphatic heterocycles. The van der Waals surface area contributed by atoms with Crippen LogP contribution in [0.1, 0.15) is 0 Å². The molecule has 0 amide bonds. The van der Waals surface area contributed by atoms with Crippen LogP contribution in [-0.4, -0.2) is 4.57 Å². The molecule has 139 heavy (non-hydrogen) atoms. The number of furan rings is 4. The summed E-state index contributed by atoms with van der Waals surface area (Å²) in [4.78, 5) is 4.72. The normalized spacial score (nSPS) is 11.7. The number of para-hydroxylation sites is 8. The summed E-state index contributed by atoms with van der Waals surface area (Å²) < 4.78 is 29.6. The standard InChI is InChI=1S/C132H83N3O4/c1-2-23-84(24-3-1)91-25-16-26-92(75-91)85-51-63-104(64-52-85)134(105-67-55-87(56-68-105)94-28-18-32-98(77-94)110-42-22-44-118-114-38-7-13-48-126(114)137-130(110)118)107-73-61-90(62-74-107)119-80-100(82-121-115-39-8-14-49-127(115)138-131(119)121)101-81-120(132-122(83-101)116-40-9-15-50-128(116)139-132)99-33-19-29-95(78-99)88-57-69-103(70-58-88)133(102-65-53-86(54-66-102)93-27-17-31-97(76-93)109-41-21-43-117-113-37-6-12-47-125(113)136-129(109)117)106-71-59-89(60-72-106)96-30-20-34-108(79-96)135-123-45-10-4-35-111(123)112-36-5-11-46-124(112)135/h1-83H. The van der Waals surface area contributed by atoms with E-state index in [-0.39, 0.29) is 0 Å². The zero-order chi connectivity index (χ0) is 91.5. The molecule has 27 aromatic rings. The summed E-state index contributed by atoms with van der Waals surface area (Å²) in [7, 11) is 0. The molecular weight excluding hydrogens is 1690 g/mol. The first-order valence-corrected chi connectivity index (χ1v) is 47.4. The van der Waals surface area contributed by atoms with Crippen molar-refractivity contribution in [1.82, 2.24) is 4.57 Å². The largest absolute Gasteiger partial charge is 0.455 e. The number of aromatic nitrogens is 1. The zero-order valence-electron chi connectivity index (χ0n) is 75.4. The molecular formula is C132H83N3O4. The van der Waals surface area contributed by atoms with E-state index in [4.69, 9.17) is 17.7 Å². The Kier molecular flexibility index (Phi) is 19.2. The van der Waals surface area contributed by atoms with Crippen molar-refractivity contribution >= 4 is 144 Å². The number of benzene rings is 22. The predicted octanol–water partition coefficient (Wildman–Crippen LogP) is 37.7. The van der Waals surface area contributed by atoms with E-state index in [0.717, 1.165) is 239 Å². The van der Waals surface area contributed by atoms with Gasteiger partial charge in [0.2, 0.25) is 0 Å². The van der Waals surface area contributed by atoms with Crippen LogP contribution in [-0.2, 0) is 0 Å². The third-order valence-corrected chi connectivity index (χ3v) is 28.0.